The molecule has 0 aromatic heterocycles. The summed E-state index contributed by atoms with van der Waals surface area (Å²) in [5.41, 5.74) is 2.26. The topological polar surface area (TPSA) is 38.3 Å². The van der Waals surface area contributed by atoms with Crippen molar-refractivity contribution in [3.63, 3.8) is 0 Å². The van der Waals surface area contributed by atoms with Crippen molar-refractivity contribution in [2.24, 2.45) is 0 Å². The van der Waals surface area contributed by atoms with Crippen LogP contribution in [0.15, 0.2) is 30.9 Å². The summed E-state index contributed by atoms with van der Waals surface area (Å²) in [5, 5.41) is 2.74. The summed E-state index contributed by atoms with van der Waals surface area (Å²) in [7, 11) is 0. The molecule has 0 aliphatic carbocycles. The molecule has 0 fully saturated rings. The van der Waals surface area contributed by atoms with Crippen molar-refractivity contribution >= 4 is 5.91 Å². The maximum atomic E-state index is 11.3. The van der Waals surface area contributed by atoms with E-state index in [2.05, 4.69) is 11.9 Å². The predicted molar refractivity (Wildman–Crippen MR) is 73.9 cm³/mol. The molecular formula is C15H21NO2. The van der Waals surface area contributed by atoms with Crippen LogP contribution in [-0.2, 0) is 4.79 Å². The number of aryl methyl sites for hydroxylation is 2. The predicted octanol–water partition coefficient (Wildman–Crippen LogP) is 2.76. The highest BCUT2D eigenvalue weighted by Gasteiger charge is 2.04. The average Bonchev–Trinajstić information content (AvgIpc) is 2.35. The molecule has 3 heteroatoms. The van der Waals surface area contributed by atoms with E-state index in [0.29, 0.717) is 19.6 Å². The van der Waals surface area contributed by atoms with Gasteiger partial charge in [-0.2, -0.15) is 0 Å². The lowest BCUT2D eigenvalue weighted by Crippen LogP contribution is -2.23. The van der Waals surface area contributed by atoms with Gasteiger partial charge >= 0.3 is 0 Å². The zero-order chi connectivity index (χ0) is 13.4. The third-order valence-corrected chi connectivity index (χ3v) is 2.65. The summed E-state index contributed by atoms with van der Waals surface area (Å²) in [6.45, 7) is 8.69. The smallest absolute Gasteiger partial charge is 0.220 e. The van der Waals surface area contributed by atoms with Crippen molar-refractivity contribution < 1.29 is 9.53 Å². The Morgan fingerprint density at radius 3 is 2.67 bits per heavy atom. The van der Waals surface area contributed by atoms with Crippen molar-refractivity contribution in [3.05, 3.63) is 42.0 Å². The Kier molecular flexibility index (Phi) is 5.98. The van der Waals surface area contributed by atoms with Crippen LogP contribution in [0.2, 0.25) is 0 Å². The van der Waals surface area contributed by atoms with Crippen LogP contribution in [0.5, 0.6) is 5.75 Å². The van der Waals surface area contributed by atoms with Crippen LogP contribution in [0.1, 0.15) is 24.0 Å². The number of rotatable bonds is 7. The molecule has 0 heterocycles. The van der Waals surface area contributed by atoms with Gasteiger partial charge in [0, 0.05) is 13.0 Å². The molecule has 3 nitrogen and oxygen atoms in total. The Bertz CT molecular complexity index is 393. The van der Waals surface area contributed by atoms with E-state index in [1.165, 1.54) is 0 Å². The van der Waals surface area contributed by atoms with Crippen LogP contribution in [0.25, 0.3) is 0 Å². The second-order valence-corrected chi connectivity index (χ2v) is 4.27. The van der Waals surface area contributed by atoms with Crippen LogP contribution in [-0.4, -0.2) is 19.1 Å². The normalized spacial score (nSPS) is 9.89. The molecular weight excluding hydrogens is 226 g/mol. The number of ether oxygens (including phenoxy) is 1. The Labute approximate surface area is 109 Å². The summed E-state index contributed by atoms with van der Waals surface area (Å²) in [5.74, 6) is 0.976. The minimum atomic E-state index is 0.0417. The third kappa shape index (κ3) is 4.62. The van der Waals surface area contributed by atoms with E-state index in [4.69, 9.17) is 4.74 Å². The van der Waals surface area contributed by atoms with Gasteiger partial charge in [-0.25, -0.2) is 0 Å². The summed E-state index contributed by atoms with van der Waals surface area (Å²) in [6.07, 6.45) is 2.88. The molecule has 18 heavy (non-hydrogen) atoms. The van der Waals surface area contributed by atoms with Crippen LogP contribution in [0.3, 0.4) is 0 Å². The molecule has 0 aliphatic rings. The zero-order valence-corrected chi connectivity index (χ0v) is 11.2. The largest absolute Gasteiger partial charge is 0.493 e. The number of hydrogen-bond donors (Lipinski definition) is 1. The van der Waals surface area contributed by atoms with E-state index in [-0.39, 0.29) is 5.91 Å². The Morgan fingerprint density at radius 1 is 1.39 bits per heavy atom. The number of hydrogen-bond acceptors (Lipinski definition) is 2. The highest BCUT2D eigenvalue weighted by Crippen LogP contribution is 2.22. The number of para-hydroxylation sites is 1. The molecule has 1 amide bonds. The first-order valence-electron chi connectivity index (χ1n) is 6.21. The van der Waals surface area contributed by atoms with Gasteiger partial charge < -0.3 is 10.1 Å². The van der Waals surface area contributed by atoms with Crippen LogP contribution < -0.4 is 10.1 Å². The van der Waals surface area contributed by atoms with Crippen molar-refractivity contribution in [2.75, 3.05) is 13.2 Å². The molecule has 0 radical (unpaired) electrons. The van der Waals surface area contributed by atoms with E-state index < -0.39 is 0 Å². The molecule has 1 aromatic carbocycles. The molecule has 1 aromatic rings. The quantitative estimate of drug-likeness (QED) is 0.594. The molecule has 98 valence electrons. The lowest BCUT2D eigenvalue weighted by Gasteiger charge is -2.11. The third-order valence-electron chi connectivity index (χ3n) is 2.65. The Hall–Kier alpha value is -1.77. The van der Waals surface area contributed by atoms with Crippen LogP contribution in [0, 0.1) is 13.8 Å². The maximum absolute atomic E-state index is 11.3. The Balaban J connectivity index is 2.30. The fourth-order valence-electron chi connectivity index (χ4n) is 1.71. The molecule has 1 rings (SSSR count). The SMILES string of the molecule is C=CCNC(=O)CCCOc1c(C)cccc1C. The van der Waals surface area contributed by atoms with Crippen molar-refractivity contribution in [2.45, 2.75) is 26.7 Å². The van der Waals surface area contributed by atoms with Gasteiger partial charge in [0.2, 0.25) is 5.91 Å². The fourth-order valence-corrected chi connectivity index (χ4v) is 1.71. The zero-order valence-electron chi connectivity index (χ0n) is 11.2. The van der Waals surface area contributed by atoms with Crippen LogP contribution in [0.4, 0.5) is 0 Å². The van der Waals surface area contributed by atoms with Gasteiger partial charge in [-0.1, -0.05) is 24.3 Å². The number of carbonyl (C=O) groups excluding carboxylic acids is 1. The maximum Gasteiger partial charge on any atom is 0.220 e. The highest BCUT2D eigenvalue weighted by molar-refractivity contribution is 5.75. The summed E-state index contributed by atoms with van der Waals surface area (Å²) >= 11 is 0. The number of benzene rings is 1. The lowest BCUT2D eigenvalue weighted by molar-refractivity contribution is -0.121. The first kappa shape index (κ1) is 14.3. The highest BCUT2D eigenvalue weighted by atomic mass is 16.5. The van der Waals surface area contributed by atoms with Crippen molar-refractivity contribution in [3.8, 4) is 5.75 Å². The minimum absolute atomic E-state index is 0.0417. The summed E-state index contributed by atoms with van der Waals surface area (Å²) in [4.78, 5) is 11.3. The van der Waals surface area contributed by atoms with Crippen molar-refractivity contribution in [1.82, 2.24) is 5.32 Å². The molecule has 0 atom stereocenters. The minimum Gasteiger partial charge on any atom is -0.493 e. The van der Waals surface area contributed by atoms with Crippen molar-refractivity contribution in [1.29, 1.82) is 0 Å². The summed E-state index contributed by atoms with van der Waals surface area (Å²) in [6, 6.07) is 6.07. The second-order valence-electron chi connectivity index (χ2n) is 4.27. The van der Waals surface area contributed by atoms with E-state index in [1.54, 1.807) is 6.08 Å². The molecule has 0 aliphatic heterocycles. The molecule has 1 N–H and O–H groups in total. The van der Waals surface area contributed by atoms with E-state index in [9.17, 15) is 4.79 Å². The summed E-state index contributed by atoms with van der Waals surface area (Å²) < 4.78 is 5.72. The van der Waals surface area contributed by atoms with E-state index in [0.717, 1.165) is 23.3 Å². The number of carbonyl (C=O) groups is 1. The lowest BCUT2D eigenvalue weighted by atomic mass is 10.1. The Morgan fingerprint density at radius 2 is 2.06 bits per heavy atom. The molecule has 0 saturated carbocycles. The molecule has 0 spiro atoms. The number of nitrogens with one attached hydrogen (secondary N) is 1. The van der Waals surface area contributed by atoms with Crippen LogP contribution >= 0.6 is 0 Å². The van der Waals surface area contributed by atoms with Gasteiger partial charge in [-0.15, -0.1) is 6.58 Å². The second kappa shape index (κ2) is 7.54. The van der Waals surface area contributed by atoms with E-state index in [1.807, 2.05) is 32.0 Å². The first-order chi connectivity index (χ1) is 8.65. The monoisotopic (exact) mass is 247 g/mol. The van der Waals surface area contributed by atoms with Gasteiger partial charge in [0.15, 0.2) is 0 Å². The van der Waals surface area contributed by atoms with Gasteiger partial charge in [-0.3, -0.25) is 4.79 Å². The standard InChI is InChI=1S/C15H21NO2/c1-4-10-16-14(17)9-6-11-18-15-12(2)7-5-8-13(15)3/h4-5,7-8H,1,6,9-11H2,2-3H3,(H,16,17). The van der Waals surface area contributed by atoms with Gasteiger partial charge in [0.1, 0.15) is 5.75 Å². The molecule has 0 saturated heterocycles. The first-order valence-corrected chi connectivity index (χ1v) is 6.21. The molecule has 0 bridgehead atoms. The average molecular weight is 247 g/mol. The fraction of sp³-hybridized carbons (Fsp3) is 0.400. The van der Waals surface area contributed by atoms with Gasteiger partial charge in [-0.05, 0) is 31.4 Å². The number of amides is 1. The molecule has 0 unspecified atom stereocenters. The van der Waals surface area contributed by atoms with Gasteiger partial charge in [0.05, 0.1) is 6.61 Å². The van der Waals surface area contributed by atoms with Gasteiger partial charge in [0.25, 0.3) is 0 Å². The van der Waals surface area contributed by atoms with E-state index >= 15 is 0 Å².